The molecule has 456 valence electrons. The van der Waals surface area contributed by atoms with Gasteiger partial charge in [-0.3, -0.25) is 9.59 Å². The summed E-state index contributed by atoms with van der Waals surface area (Å²) in [5, 5.41) is 40.3. The van der Waals surface area contributed by atoms with Crippen LogP contribution >= 0.6 is 79.4 Å². The number of hydrogen-bond acceptors (Lipinski definition) is 13. The maximum Gasteiger partial charge on any atom is 0.194 e. The Balaban J connectivity index is 0.837. The molecule has 0 spiro atoms. The van der Waals surface area contributed by atoms with Crippen molar-refractivity contribution < 1.29 is 9.59 Å². The van der Waals surface area contributed by atoms with E-state index in [9.17, 15) is 30.6 Å². The molecule has 0 saturated carbocycles. The number of benzene rings is 7. The lowest BCUT2D eigenvalue weighted by Crippen LogP contribution is -2.30. The fraction of sp³-hybridized carbons (Fsp3) is 0.0714. The molecule has 7 aromatic carbocycles. The number of thiophene rings is 7. The standard InChI is InChI=1S/C84H46N4O2S7/c1-43-13-21-49(22-14-43)83(50-23-15-44(2)16-24-50)63-36-60-64(35-59(63)77-73(83)79-69(95-77)37-67(93-79)65-31-29-53(91-65)33-61-71(47(39-85)40-86)55-9-5-7-11-57(55)75(61)89)84(51-25-17-45(3)18-26-51,52-27-19-46(4)20-28-52)74-78(60)97-82-80-70(96-81(74)82)38-68(94-80)66-32-30-54(92-66)34-62-72(48(41-87)42-88)56-10-6-8-12-58(56)76(62)90/h5-38H,1-4H3/b61-33-,62-34-. The number of hydrogen-bond donors (Lipinski definition) is 0. The topological polar surface area (TPSA) is 129 Å². The number of nitrogens with zero attached hydrogens (tertiary/aromatic N) is 4. The Hall–Kier alpha value is -10.5. The molecule has 14 aromatic rings. The molecule has 13 heteroatoms. The molecule has 0 atom stereocenters. The van der Waals surface area contributed by atoms with Gasteiger partial charge in [0.05, 0.1) is 29.6 Å². The van der Waals surface area contributed by atoms with Crippen molar-refractivity contribution in [3.8, 4) is 64.7 Å². The molecule has 0 fully saturated rings. The third-order valence-electron chi connectivity index (χ3n) is 19.7. The summed E-state index contributed by atoms with van der Waals surface area (Å²) < 4.78 is 7.47. The minimum absolute atomic E-state index is 0.0762. The van der Waals surface area contributed by atoms with Gasteiger partial charge in [0.25, 0.3) is 0 Å². The molecule has 7 heterocycles. The average Bonchev–Trinajstić information content (AvgIpc) is 1.49. The van der Waals surface area contributed by atoms with Crippen molar-refractivity contribution in [1.82, 2.24) is 0 Å². The summed E-state index contributed by atoms with van der Waals surface area (Å²) in [5.41, 5.74) is 19.3. The van der Waals surface area contributed by atoms with Gasteiger partial charge in [0.2, 0.25) is 0 Å². The van der Waals surface area contributed by atoms with E-state index < -0.39 is 10.8 Å². The Morgan fingerprint density at radius 2 is 0.722 bits per heavy atom. The van der Waals surface area contributed by atoms with Crippen LogP contribution < -0.4 is 0 Å². The first-order valence-electron chi connectivity index (χ1n) is 31.4. The summed E-state index contributed by atoms with van der Waals surface area (Å²) in [5.74, 6) is -0.385. The number of rotatable bonds is 8. The van der Waals surface area contributed by atoms with Crippen molar-refractivity contribution in [2.24, 2.45) is 0 Å². The SMILES string of the molecule is Cc1ccc(C2(c3ccc(C)cc3)c3cc4c(cc3-c3sc5cc(-c6ccc(/C=C7\C(=O)c8ccccc8C7=C(C#N)C#N)s6)sc5c32)C(c2ccc(C)cc2)(c2ccc(C)cc2)c2c-4sc3c2sc2cc(-c4ccc(/C=C5\C(=O)c6ccccc6C5=C(C#N)C#N)s4)sc23)cc1. The van der Waals surface area contributed by atoms with Crippen LogP contribution in [0.15, 0.2) is 216 Å². The molecule has 0 aliphatic heterocycles. The van der Waals surface area contributed by atoms with Gasteiger partial charge in [-0.15, -0.1) is 79.4 Å². The lowest BCUT2D eigenvalue weighted by molar-refractivity contribution is 0.103. The van der Waals surface area contributed by atoms with Gasteiger partial charge in [-0.05, 0) is 144 Å². The molecule has 4 aliphatic rings. The molecule has 0 radical (unpaired) electrons. The van der Waals surface area contributed by atoms with Gasteiger partial charge in [0.1, 0.15) is 35.4 Å². The van der Waals surface area contributed by atoms with Gasteiger partial charge in [-0.1, -0.05) is 168 Å². The Morgan fingerprint density at radius 3 is 1.13 bits per heavy atom. The lowest BCUT2D eigenvalue weighted by atomic mass is 9.65. The van der Waals surface area contributed by atoms with E-state index in [2.05, 4.69) is 185 Å². The highest BCUT2D eigenvalue weighted by Gasteiger charge is 2.55. The first-order valence-corrected chi connectivity index (χ1v) is 37.1. The van der Waals surface area contributed by atoms with Crippen LogP contribution in [0.5, 0.6) is 0 Å². The third-order valence-corrected chi connectivity index (χ3v) is 28.5. The molecule has 0 saturated heterocycles. The Labute approximate surface area is 586 Å². The molecule has 18 rings (SSSR count). The van der Waals surface area contributed by atoms with Crippen molar-refractivity contribution in [1.29, 1.82) is 21.0 Å². The quantitative estimate of drug-likeness (QED) is 0.110. The van der Waals surface area contributed by atoms with Crippen molar-refractivity contribution in [2.45, 2.75) is 38.5 Å². The van der Waals surface area contributed by atoms with E-state index in [4.69, 9.17) is 0 Å². The molecule has 97 heavy (non-hydrogen) atoms. The molecular weight excluding hydrogens is 1320 g/mol. The van der Waals surface area contributed by atoms with Crippen LogP contribution in [0.4, 0.5) is 0 Å². The minimum atomic E-state index is -0.744. The zero-order chi connectivity index (χ0) is 65.9. The number of aryl methyl sites for hydroxylation is 4. The summed E-state index contributed by atoms with van der Waals surface area (Å²) in [4.78, 5) is 36.7. The summed E-state index contributed by atoms with van der Waals surface area (Å²) in [6.07, 6.45) is 3.69. The Kier molecular flexibility index (Phi) is 13.4. The summed E-state index contributed by atoms with van der Waals surface area (Å²) in [6.45, 7) is 8.66. The Morgan fingerprint density at radius 1 is 0.351 bits per heavy atom. The van der Waals surface area contributed by atoms with E-state index in [0.29, 0.717) is 44.5 Å². The predicted molar refractivity (Wildman–Crippen MR) is 402 cm³/mol. The molecule has 7 aromatic heterocycles. The van der Waals surface area contributed by atoms with E-state index in [1.165, 1.54) is 116 Å². The average molecular weight is 1370 g/mol. The van der Waals surface area contributed by atoms with Crippen LogP contribution in [-0.2, 0) is 10.8 Å². The molecule has 0 bridgehead atoms. The summed E-state index contributed by atoms with van der Waals surface area (Å²) in [7, 11) is 0. The second kappa shape index (κ2) is 22.0. The summed E-state index contributed by atoms with van der Waals surface area (Å²) >= 11 is 12.5. The van der Waals surface area contributed by atoms with Gasteiger partial charge in [0.15, 0.2) is 11.6 Å². The third kappa shape index (κ3) is 8.45. The molecule has 0 unspecified atom stereocenters. The zero-order valence-corrected chi connectivity index (χ0v) is 57.8. The normalized spacial score (nSPS) is 15.2. The summed E-state index contributed by atoms with van der Waals surface area (Å²) in [6, 6.07) is 77.8. The van der Waals surface area contributed by atoms with E-state index in [0.717, 1.165) is 29.3 Å². The smallest absolute Gasteiger partial charge is 0.194 e. The first kappa shape index (κ1) is 59.0. The van der Waals surface area contributed by atoms with Crippen molar-refractivity contribution in [3.63, 3.8) is 0 Å². The van der Waals surface area contributed by atoms with Gasteiger partial charge in [0, 0.05) is 93.0 Å². The number of nitriles is 4. The molecule has 0 amide bonds. The molecular formula is C84H46N4O2S7. The fourth-order valence-corrected chi connectivity index (χ4v) is 24.5. The van der Waals surface area contributed by atoms with Gasteiger partial charge in [-0.2, -0.15) is 21.0 Å². The highest BCUT2D eigenvalue weighted by atomic mass is 32.1. The highest BCUT2D eigenvalue weighted by Crippen LogP contribution is 2.69. The second-order valence-corrected chi connectivity index (χ2v) is 32.6. The predicted octanol–water partition coefficient (Wildman–Crippen LogP) is 23.0. The Bertz CT molecular complexity index is 6060. The largest absolute Gasteiger partial charge is 0.289 e. The highest BCUT2D eigenvalue weighted by molar-refractivity contribution is 7.41. The maximum atomic E-state index is 14.1. The van der Waals surface area contributed by atoms with E-state index in [-0.39, 0.29) is 22.7 Å². The number of fused-ring (bicyclic) bond motifs is 14. The molecule has 0 N–H and O–H groups in total. The first-order chi connectivity index (χ1) is 47.3. The van der Waals surface area contributed by atoms with Gasteiger partial charge >= 0.3 is 0 Å². The van der Waals surface area contributed by atoms with Gasteiger partial charge < -0.3 is 0 Å². The number of allylic oxidation sites excluding steroid dienone is 6. The number of carbonyl (C=O) groups excluding carboxylic acids is 2. The maximum absolute atomic E-state index is 14.1. The van der Waals surface area contributed by atoms with Crippen LogP contribution in [0.25, 0.3) is 91.9 Å². The van der Waals surface area contributed by atoms with Crippen LogP contribution in [0.1, 0.15) is 108 Å². The van der Waals surface area contributed by atoms with Crippen LogP contribution in [0.3, 0.4) is 0 Å². The number of Topliss-reactive ketones (excluding diaryl/α,β-unsaturated/α-hetero) is 2. The molecule has 6 nitrogen and oxygen atoms in total. The van der Waals surface area contributed by atoms with Crippen LogP contribution in [-0.4, -0.2) is 11.6 Å². The number of ketones is 2. The number of carbonyl (C=O) groups is 2. The minimum Gasteiger partial charge on any atom is -0.289 e. The van der Waals surface area contributed by atoms with Crippen LogP contribution in [0, 0.1) is 73.0 Å². The van der Waals surface area contributed by atoms with E-state index in [1.807, 2.05) is 117 Å². The van der Waals surface area contributed by atoms with Crippen molar-refractivity contribution >= 4 is 142 Å². The second-order valence-electron chi connectivity index (χ2n) is 25.1. The van der Waals surface area contributed by atoms with Gasteiger partial charge in [-0.25, -0.2) is 0 Å². The van der Waals surface area contributed by atoms with E-state index in [1.54, 1.807) is 34.8 Å². The van der Waals surface area contributed by atoms with E-state index >= 15 is 0 Å². The lowest BCUT2D eigenvalue weighted by Gasteiger charge is -2.35. The zero-order valence-electron chi connectivity index (χ0n) is 52.1. The van der Waals surface area contributed by atoms with Crippen molar-refractivity contribution in [3.05, 3.63) is 315 Å². The fourth-order valence-electron chi connectivity index (χ4n) is 15.3. The monoisotopic (exact) mass is 1370 g/mol. The molecule has 4 aliphatic carbocycles. The van der Waals surface area contributed by atoms with Crippen LogP contribution in [0.2, 0.25) is 0 Å². The van der Waals surface area contributed by atoms with Crippen molar-refractivity contribution in [2.75, 3.05) is 0 Å².